The van der Waals surface area contributed by atoms with Gasteiger partial charge in [0.25, 0.3) is 0 Å². The number of carbonyl (C=O) groups excluding carboxylic acids is 1. The Hall–Kier alpha value is -1.55. The largest absolute Gasteiger partial charge is 0.492 e. The van der Waals surface area contributed by atoms with Gasteiger partial charge in [0.1, 0.15) is 12.4 Å². The highest BCUT2D eigenvalue weighted by Crippen LogP contribution is 2.18. The highest BCUT2D eigenvalue weighted by molar-refractivity contribution is 5.81. The molecule has 0 heterocycles. The first-order valence-electron chi connectivity index (χ1n) is 9.17. The van der Waals surface area contributed by atoms with Crippen LogP contribution in [0.1, 0.15) is 50.2 Å². The Morgan fingerprint density at radius 2 is 1.83 bits per heavy atom. The van der Waals surface area contributed by atoms with Gasteiger partial charge in [0.05, 0.1) is 6.04 Å². The molecular formula is C20H32N2O2. The Labute approximate surface area is 146 Å². The van der Waals surface area contributed by atoms with E-state index in [1.54, 1.807) is 0 Å². The maximum Gasteiger partial charge on any atom is 0.237 e. The van der Waals surface area contributed by atoms with Gasteiger partial charge in [0.2, 0.25) is 5.91 Å². The number of hydrogen-bond donors (Lipinski definition) is 1. The molecule has 24 heavy (non-hydrogen) atoms. The maximum atomic E-state index is 12.4. The minimum absolute atomic E-state index is 0.130. The van der Waals surface area contributed by atoms with Crippen molar-refractivity contribution in [2.75, 3.05) is 20.2 Å². The first kappa shape index (κ1) is 18.8. The van der Waals surface area contributed by atoms with Crippen LogP contribution in [0.4, 0.5) is 0 Å². The summed E-state index contributed by atoms with van der Waals surface area (Å²) in [5.74, 6) is 1.04. The van der Waals surface area contributed by atoms with E-state index in [9.17, 15) is 4.79 Å². The summed E-state index contributed by atoms with van der Waals surface area (Å²) in [6.07, 6.45) is 6.02. The summed E-state index contributed by atoms with van der Waals surface area (Å²) in [6.45, 7) is 7.43. The Morgan fingerprint density at radius 3 is 2.46 bits per heavy atom. The molecule has 0 bridgehead atoms. The molecule has 0 radical (unpaired) electrons. The van der Waals surface area contributed by atoms with E-state index < -0.39 is 0 Å². The minimum atomic E-state index is -0.130. The molecule has 0 saturated heterocycles. The molecule has 1 amide bonds. The van der Waals surface area contributed by atoms with Gasteiger partial charge in [-0.15, -0.1) is 0 Å². The number of nitrogens with one attached hydrogen (secondary N) is 1. The fourth-order valence-electron chi connectivity index (χ4n) is 3.29. The van der Waals surface area contributed by atoms with E-state index in [1.807, 2.05) is 26.1 Å². The third-order valence-corrected chi connectivity index (χ3v) is 4.90. The van der Waals surface area contributed by atoms with Gasteiger partial charge in [-0.05, 0) is 63.9 Å². The smallest absolute Gasteiger partial charge is 0.237 e. The molecule has 134 valence electrons. The van der Waals surface area contributed by atoms with Crippen LogP contribution in [0.3, 0.4) is 0 Å². The Bertz CT molecular complexity index is 518. The topological polar surface area (TPSA) is 41.6 Å². The predicted molar refractivity (Wildman–Crippen MR) is 98.5 cm³/mol. The molecule has 1 aliphatic carbocycles. The molecule has 1 saturated carbocycles. The zero-order valence-corrected chi connectivity index (χ0v) is 15.6. The number of ether oxygens (including phenoxy) is 1. The van der Waals surface area contributed by atoms with E-state index in [1.165, 1.54) is 30.4 Å². The van der Waals surface area contributed by atoms with E-state index in [-0.39, 0.29) is 11.9 Å². The van der Waals surface area contributed by atoms with E-state index in [2.05, 4.69) is 30.1 Å². The molecule has 4 heteroatoms. The van der Waals surface area contributed by atoms with Crippen LogP contribution in [0.15, 0.2) is 18.2 Å². The third kappa shape index (κ3) is 5.82. The standard InChI is InChI=1S/C20H32N2O2/c1-15-12-16(2)14-19(13-15)24-11-10-22(4)17(3)20(23)21-18-8-6-5-7-9-18/h12-14,17-18H,5-11H2,1-4H3,(H,21,23)/t17-/m0/s1. The number of benzene rings is 1. The van der Waals surface area contributed by atoms with Crippen LogP contribution in [-0.4, -0.2) is 43.1 Å². The molecule has 0 spiro atoms. The highest BCUT2D eigenvalue weighted by Gasteiger charge is 2.22. The molecule has 1 aromatic rings. The van der Waals surface area contributed by atoms with E-state index in [0.29, 0.717) is 12.6 Å². The van der Waals surface area contributed by atoms with Crippen molar-refractivity contribution in [1.29, 1.82) is 0 Å². The summed E-state index contributed by atoms with van der Waals surface area (Å²) in [5.41, 5.74) is 2.41. The normalized spacial score (nSPS) is 16.9. The molecule has 4 nitrogen and oxygen atoms in total. The van der Waals surface area contributed by atoms with Crippen LogP contribution >= 0.6 is 0 Å². The van der Waals surface area contributed by atoms with Gasteiger partial charge in [-0.2, -0.15) is 0 Å². The molecule has 1 atom stereocenters. The van der Waals surface area contributed by atoms with Crippen LogP contribution in [0.5, 0.6) is 5.75 Å². The van der Waals surface area contributed by atoms with E-state index in [4.69, 9.17) is 4.74 Å². The third-order valence-electron chi connectivity index (χ3n) is 4.90. The number of likely N-dealkylation sites (N-methyl/N-ethyl adjacent to an activating group) is 1. The number of nitrogens with zero attached hydrogens (tertiary/aromatic N) is 1. The van der Waals surface area contributed by atoms with Crippen molar-refractivity contribution >= 4 is 5.91 Å². The molecule has 0 aliphatic heterocycles. The number of amides is 1. The lowest BCUT2D eigenvalue weighted by Gasteiger charge is -2.28. The summed E-state index contributed by atoms with van der Waals surface area (Å²) in [6, 6.07) is 6.47. The van der Waals surface area contributed by atoms with Crippen molar-refractivity contribution in [1.82, 2.24) is 10.2 Å². The van der Waals surface area contributed by atoms with Crippen LogP contribution in [0, 0.1) is 13.8 Å². The van der Waals surface area contributed by atoms with Crippen molar-refractivity contribution < 1.29 is 9.53 Å². The second-order valence-corrected chi connectivity index (χ2v) is 7.17. The van der Waals surface area contributed by atoms with E-state index >= 15 is 0 Å². The molecule has 1 aliphatic rings. The first-order chi connectivity index (χ1) is 11.5. The fourth-order valence-corrected chi connectivity index (χ4v) is 3.29. The summed E-state index contributed by atoms with van der Waals surface area (Å²) in [5, 5.41) is 3.20. The summed E-state index contributed by atoms with van der Waals surface area (Å²) in [7, 11) is 1.98. The Morgan fingerprint density at radius 1 is 1.21 bits per heavy atom. The van der Waals surface area contributed by atoms with Crippen LogP contribution in [-0.2, 0) is 4.79 Å². The zero-order valence-electron chi connectivity index (χ0n) is 15.6. The van der Waals surface area contributed by atoms with Gasteiger partial charge in [-0.25, -0.2) is 0 Å². The summed E-state index contributed by atoms with van der Waals surface area (Å²) >= 11 is 0. The minimum Gasteiger partial charge on any atom is -0.492 e. The lowest BCUT2D eigenvalue weighted by atomic mass is 9.95. The Balaban J connectivity index is 1.74. The lowest BCUT2D eigenvalue weighted by Crippen LogP contribution is -2.48. The quantitative estimate of drug-likeness (QED) is 0.831. The van der Waals surface area contributed by atoms with Gasteiger partial charge in [-0.3, -0.25) is 9.69 Å². The van der Waals surface area contributed by atoms with Gasteiger partial charge in [-0.1, -0.05) is 25.3 Å². The number of rotatable bonds is 7. The number of carbonyl (C=O) groups is 1. The van der Waals surface area contributed by atoms with Gasteiger partial charge in [0.15, 0.2) is 0 Å². The molecule has 1 fully saturated rings. The Kier molecular flexibility index (Phi) is 7.10. The van der Waals surface area contributed by atoms with Crippen molar-refractivity contribution in [3.05, 3.63) is 29.3 Å². The van der Waals surface area contributed by atoms with Crippen molar-refractivity contribution in [3.8, 4) is 5.75 Å². The molecule has 1 aromatic carbocycles. The summed E-state index contributed by atoms with van der Waals surface area (Å²) < 4.78 is 5.84. The van der Waals surface area contributed by atoms with Gasteiger partial charge >= 0.3 is 0 Å². The molecule has 1 N–H and O–H groups in total. The van der Waals surface area contributed by atoms with Gasteiger partial charge in [0, 0.05) is 12.6 Å². The monoisotopic (exact) mass is 332 g/mol. The predicted octanol–water partition coefficient (Wildman–Crippen LogP) is 3.45. The fraction of sp³-hybridized carbons (Fsp3) is 0.650. The van der Waals surface area contributed by atoms with Crippen molar-refractivity contribution in [2.45, 2.75) is 65.0 Å². The average molecular weight is 332 g/mol. The second kappa shape index (κ2) is 9.07. The van der Waals surface area contributed by atoms with E-state index in [0.717, 1.165) is 25.1 Å². The van der Waals surface area contributed by atoms with Crippen LogP contribution in [0.25, 0.3) is 0 Å². The van der Waals surface area contributed by atoms with Crippen molar-refractivity contribution in [2.24, 2.45) is 0 Å². The van der Waals surface area contributed by atoms with Crippen LogP contribution < -0.4 is 10.1 Å². The zero-order chi connectivity index (χ0) is 17.5. The average Bonchev–Trinajstić information content (AvgIpc) is 2.54. The lowest BCUT2D eigenvalue weighted by molar-refractivity contribution is -0.126. The maximum absolute atomic E-state index is 12.4. The molecular weight excluding hydrogens is 300 g/mol. The molecule has 0 aromatic heterocycles. The summed E-state index contributed by atoms with van der Waals surface area (Å²) in [4.78, 5) is 14.4. The highest BCUT2D eigenvalue weighted by atomic mass is 16.5. The number of hydrogen-bond acceptors (Lipinski definition) is 3. The molecule has 2 rings (SSSR count). The van der Waals surface area contributed by atoms with Crippen molar-refractivity contribution in [3.63, 3.8) is 0 Å². The van der Waals surface area contributed by atoms with Crippen LogP contribution in [0.2, 0.25) is 0 Å². The second-order valence-electron chi connectivity index (χ2n) is 7.17. The molecule has 0 unspecified atom stereocenters. The number of aryl methyl sites for hydroxylation is 2. The SMILES string of the molecule is Cc1cc(C)cc(OCCN(C)[C@@H](C)C(=O)NC2CCCCC2)c1. The van der Waals surface area contributed by atoms with Gasteiger partial charge < -0.3 is 10.1 Å². The first-order valence-corrected chi connectivity index (χ1v) is 9.17.